The quantitative estimate of drug-likeness (QED) is 0.476. The molecule has 172 valence electrons. The van der Waals surface area contributed by atoms with E-state index in [9.17, 15) is 9.59 Å². The third-order valence-electron chi connectivity index (χ3n) is 6.48. The Hall–Kier alpha value is -3.77. The number of benzene rings is 3. The largest absolute Gasteiger partial charge is 0.348 e. The lowest BCUT2D eigenvalue weighted by Gasteiger charge is -2.18. The van der Waals surface area contributed by atoms with Gasteiger partial charge in [0.15, 0.2) is 0 Å². The summed E-state index contributed by atoms with van der Waals surface area (Å²) in [6, 6.07) is 22.7. The molecule has 2 heterocycles. The number of carbonyl (C=O) groups is 1. The van der Waals surface area contributed by atoms with Gasteiger partial charge in [0.05, 0.1) is 16.6 Å². The van der Waals surface area contributed by atoms with Crippen LogP contribution in [0, 0.1) is 6.92 Å². The molecule has 5 rings (SSSR count). The zero-order valence-corrected chi connectivity index (χ0v) is 19.3. The predicted octanol–water partition coefficient (Wildman–Crippen LogP) is 4.22. The van der Waals surface area contributed by atoms with Gasteiger partial charge in [0.1, 0.15) is 5.82 Å². The molecular weight excluding hydrogens is 424 g/mol. The molecule has 0 spiro atoms. The summed E-state index contributed by atoms with van der Waals surface area (Å²) in [4.78, 5) is 32.9. The summed E-state index contributed by atoms with van der Waals surface area (Å²) in [5.41, 5.74) is 4.22. The molecule has 6 heteroatoms. The van der Waals surface area contributed by atoms with Gasteiger partial charge in [-0.15, -0.1) is 0 Å². The lowest BCUT2D eigenvalue weighted by atomic mass is 10.1. The molecule has 0 unspecified atom stereocenters. The van der Waals surface area contributed by atoms with Crippen molar-refractivity contribution in [1.29, 1.82) is 0 Å². The monoisotopic (exact) mass is 452 g/mol. The highest BCUT2D eigenvalue weighted by atomic mass is 16.1. The van der Waals surface area contributed by atoms with Crippen molar-refractivity contribution in [3.63, 3.8) is 0 Å². The van der Waals surface area contributed by atoms with Crippen LogP contribution in [-0.2, 0) is 13.1 Å². The third-order valence-corrected chi connectivity index (χ3v) is 6.48. The van der Waals surface area contributed by atoms with Gasteiger partial charge in [-0.25, -0.2) is 4.98 Å². The van der Waals surface area contributed by atoms with E-state index >= 15 is 0 Å². The summed E-state index contributed by atoms with van der Waals surface area (Å²) in [7, 11) is 0. The zero-order valence-electron chi connectivity index (χ0n) is 19.3. The Morgan fingerprint density at radius 3 is 2.35 bits per heavy atom. The van der Waals surface area contributed by atoms with Crippen LogP contribution in [0.1, 0.15) is 40.2 Å². The number of aryl methyl sites for hydroxylation is 1. The molecule has 1 fully saturated rings. The first-order valence-electron chi connectivity index (χ1n) is 11.8. The van der Waals surface area contributed by atoms with Crippen LogP contribution in [-0.4, -0.2) is 33.4 Å². The minimum absolute atomic E-state index is 0.116. The second kappa shape index (κ2) is 9.61. The van der Waals surface area contributed by atoms with Gasteiger partial charge in [0, 0.05) is 18.7 Å². The minimum Gasteiger partial charge on any atom is -0.348 e. The minimum atomic E-state index is -0.136. The average Bonchev–Trinajstić information content (AvgIpc) is 3.37. The van der Waals surface area contributed by atoms with Crippen LogP contribution in [0.2, 0.25) is 0 Å². The Bertz CT molecular complexity index is 1390. The number of amides is 1. The van der Waals surface area contributed by atoms with Crippen LogP contribution < -0.4 is 10.9 Å². The van der Waals surface area contributed by atoms with E-state index in [-0.39, 0.29) is 11.5 Å². The highest BCUT2D eigenvalue weighted by Gasteiger charge is 2.15. The number of hydrogen-bond donors (Lipinski definition) is 1. The predicted molar refractivity (Wildman–Crippen MR) is 134 cm³/mol. The van der Waals surface area contributed by atoms with Crippen molar-refractivity contribution in [3.05, 3.63) is 106 Å². The number of likely N-dealkylation sites (tertiary alicyclic amines) is 1. The topological polar surface area (TPSA) is 67.2 Å². The lowest BCUT2D eigenvalue weighted by Crippen LogP contribution is -2.25. The van der Waals surface area contributed by atoms with Gasteiger partial charge in [-0.2, -0.15) is 0 Å². The second-order valence-corrected chi connectivity index (χ2v) is 8.80. The van der Waals surface area contributed by atoms with Crippen molar-refractivity contribution < 1.29 is 4.79 Å². The fourth-order valence-electron chi connectivity index (χ4n) is 4.65. The van der Waals surface area contributed by atoms with E-state index in [1.54, 1.807) is 34.9 Å². The number of aromatic nitrogens is 2. The maximum atomic E-state index is 13.0. The van der Waals surface area contributed by atoms with Crippen molar-refractivity contribution in [2.45, 2.75) is 32.9 Å². The van der Waals surface area contributed by atoms with E-state index < -0.39 is 0 Å². The number of nitrogens with one attached hydrogen (secondary N) is 1. The normalized spacial score (nSPS) is 13.9. The number of hydrogen-bond acceptors (Lipinski definition) is 4. The molecule has 0 saturated carbocycles. The van der Waals surface area contributed by atoms with E-state index in [0.717, 1.165) is 25.2 Å². The summed E-state index contributed by atoms with van der Waals surface area (Å²) in [5.74, 6) is 0.471. The van der Waals surface area contributed by atoms with E-state index in [0.29, 0.717) is 34.5 Å². The van der Waals surface area contributed by atoms with Crippen LogP contribution in [0.5, 0.6) is 0 Å². The molecule has 4 aromatic rings. The fourth-order valence-corrected chi connectivity index (χ4v) is 4.65. The number of para-hydroxylation sites is 1. The molecule has 1 aliphatic rings. The van der Waals surface area contributed by atoms with Crippen LogP contribution in [0.3, 0.4) is 0 Å². The Morgan fingerprint density at radius 2 is 1.59 bits per heavy atom. The number of rotatable bonds is 6. The van der Waals surface area contributed by atoms with Crippen LogP contribution in [0.4, 0.5) is 0 Å². The first kappa shape index (κ1) is 22.0. The number of nitrogens with zero attached hydrogens (tertiary/aromatic N) is 3. The van der Waals surface area contributed by atoms with E-state index in [1.165, 1.54) is 18.4 Å². The van der Waals surface area contributed by atoms with Gasteiger partial charge in [-0.05, 0) is 80.4 Å². The van der Waals surface area contributed by atoms with E-state index in [2.05, 4.69) is 33.4 Å². The summed E-state index contributed by atoms with van der Waals surface area (Å²) < 4.78 is 1.58. The molecule has 1 amide bonds. The van der Waals surface area contributed by atoms with Gasteiger partial charge in [0.25, 0.3) is 11.5 Å². The third kappa shape index (κ3) is 4.50. The molecule has 1 saturated heterocycles. The number of carbonyl (C=O) groups excluding carboxylic acids is 1. The molecule has 0 bridgehead atoms. The van der Waals surface area contributed by atoms with Crippen molar-refractivity contribution in [1.82, 2.24) is 19.8 Å². The molecule has 1 aromatic heterocycles. The van der Waals surface area contributed by atoms with Crippen molar-refractivity contribution in [2.75, 3.05) is 13.1 Å². The van der Waals surface area contributed by atoms with Crippen molar-refractivity contribution in [2.24, 2.45) is 0 Å². The van der Waals surface area contributed by atoms with Crippen LogP contribution in [0.15, 0.2) is 77.6 Å². The summed E-state index contributed by atoms with van der Waals surface area (Å²) in [6.07, 6.45) is 2.52. The lowest BCUT2D eigenvalue weighted by molar-refractivity contribution is 0.0951. The first-order chi connectivity index (χ1) is 16.6. The van der Waals surface area contributed by atoms with Crippen molar-refractivity contribution in [3.8, 4) is 5.69 Å². The summed E-state index contributed by atoms with van der Waals surface area (Å²) in [5, 5.41) is 3.62. The Morgan fingerprint density at radius 1 is 0.912 bits per heavy atom. The molecular formula is C28H28N4O2. The molecule has 0 aliphatic carbocycles. The van der Waals surface area contributed by atoms with Gasteiger partial charge in [-0.3, -0.25) is 19.1 Å². The maximum absolute atomic E-state index is 13.0. The van der Waals surface area contributed by atoms with E-state index in [4.69, 9.17) is 0 Å². The second-order valence-electron chi connectivity index (χ2n) is 8.80. The maximum Gasteiger partial charge on any atom is 0.265 e. The highest BCUT2D eigenvalue weighted by molar-refractivity contribution is 5.94. The smallest absolute Gasteiger partial charge is 0.265 e. The van der Waals surface area contributed by atoms with Crippen LogP contribution >= 0.6 is 0 Å². The van der Waals surface area contributed by atoms with Gasteiger partial charge >= 0.3 is 0 Å². The Balaban J connectivity index is 1.31. The zero-order chi connectivity index (χ0) is 23.5. The fraction of sp³-hybridized carbons (Fsp3) is 0.250. The van der Waals surface area contributed by atoms with E-state index in [1.807, 2.05) is 31.2 Å². The SMILES string of the molecule is Cc1nc2ccccc2c(=O)n1-c1ccc(C(=O)NCc2ccccc2CN2CCCC2)cc1. The standard InChI is InChI=1S/C28H28N4O2/c1-20-30-26-11-5-4-10-25(26)28(34)32(20)24-14-12-21(13-15-24)27(33)29-18-22-8-2-3-9-23(22)19-31-16-6-7-17-31/h2-5,8-15H,6-7,16-19H2,1H3,(H,29,33). The van der Waals surface area contributed by atoms with Gasteiger partial charge in [0.2, 0.25) is 0 Å². The Labute approximate surface area is 198 Å². The molecule has 0 radical (unpaired) electrons. The number of fused-ring (bicyclic) bond motifs is 1. The Kier molecular flexibility index (Phi) is 6.23. The molecule has 6 nitrogen and oxygen atoms in total. The summed E-state index contributed by atoms with van der Waals surface area (Å²) >= 11 is 0. The van der Waals surface area contributed by atoms with Gasteiger partial charge < -0.3 is 5.32 Å². The van der Waals surface area contributed by atoms with Gasteiger partial charge in [-0.1, -0.05) is 36.4 Å². The highest BCUT2D eigenvalue weighted by Crippen LogP contribution is 2.17. The molecule has 1 aliphatic heterocycles. The molecule has 0 atom stereocenters. The van der Waals surface area contributed by atoms with Crippen LogP contribution in [0.25, 0.3) is 16.6 Å². The molecule has 34 heavy (non-hydrogen) atoms. The summed E-state index contributed by atoms with van der Waals surface area (Å²) in [6.45, 7) is 5.51. The molecule has 3 aromatic carbocycles. The van der Waals surface area contributed by atoms with Crippen molar-refractivity contribution >= 4 is 16.8 Å². The molecule has 1 N–H and O–H groups in total. The average molecular weight is 453 g/mol. The first-order valence-corrected chi connectivity index (χ1v) is 11.8.